The van der Waals surface area contributed by atoms with Crippen molar-refractivity contribution in [3.63, 3.8) is 0 Å². The van der Waals surface area contributed by atoms with Crippen LogP contribution in [0.2, 0.25) is 0 Å². The molecular weight excluding hydrogens is 218 g/mol. The molecule has 0 aromatic heterocycles. The zero-order valence-electron chi connectivity index (χ0n) is 12.8. The molecule has 0 N–H and O–H groups in total. The van der Waals surface area contributed by atoms with Gasteiger partial charge in [0, 0.05) is 13.1 Å². The zero-order valence-corrected chi connectivity index (χ0v) is 12.8. The molecule has 0 bridgehead atoms. The SMILES string of the molecule is CCCC/C=C/CCCCCCC[N]CCCC. The first-order chi connectivity index (χ1) is 8.91. The quantitative estimate of drug-likeness (QED) is 0.287. The highest BCUT2D eigenvalue weighted by Gasteiger charge is 1.91. The van der Waals surface area contributed by atoms with Crippen molar-refractivity contribution in [3.05, 3.63) is 12.2 Å². The van der Waals surface area contributed by atoms with Crippen LogP contribution in [-0.4, -0.2) is 13.1 Å². The lowest BCUT2D eigenvalue weighted by Gasteiger charge is -2.01. The van der Waals surface area contributed by atoms with Gasteiger partial charge >= 0.3 is 0 Å². The summed E-state index contributed by atoms with van der Waals surface area (Å²) < 4.78 is 0. The van der Waals surface area contributed by atoms with Crippen LogP contribution in [0.3, 0.4) is 0 Å². The van der Waals surface area contributed by atoms with E-state index in [0.29, 0.717) is 0 Å². The molecule has 18 heavy (non-hydrogen) atoms. The molecule has 0 spiro atoms. The molecule has 0 aromatic rings. The molecule has 1 radical (unpaired) electrons. The minimum absolute atomic E-state index is 1.08. The van der Waals surface area contributed by atoms with Gasteiger partial charge in [0.25, 0.3) is 0 Å². The second-order valence-electron chi connectivity index (χ2n) is 5.19. The van der Waals surface area contributed by atoms with Crippen molar-refractivity contribution in [1.82, 2.24) is 5.32 Å². The Morgan fingerprint density at radius 2 is 1.17 bits per heavy atom. The van der Waals surface area contributed by atoms with E-state index in [9.17, 15) is 0 Å². The minimum atomic E-state index is 1.08. The van der Waals surface area contributed by atoms with Crippen LogP contribution in [0.4, 0.5) is 0 Å². The van der Waals surface area contributed by atoms with E-state index in [2.05, 4.69) is 31.3 Å². The molecule has 0 saturated carbocycles. The zero-order chi connectivity index (χ0) is 13.3. The number of hydrogen-bond donors (Lipinski definition) is 0. The molecule has 0 heterocycles. The highest BCUT2D eigenvalue weighted by atomic mass is 14.8. The molecule has 1 heteroatoms. The van der Waals surface area contributed by atoms with Gasteiger partial charge in [0.1, 0.15) is 0 Å². The van der Waals surface area contributed by atoms with Crippen LogP contribution in [0.5, 0.6) is 0 Å². The summed E-state index contributed by atoms with van der Waals surface area (Å²) >= 11 is 0. The van der Waals surface area contributed by atoms with Gasteiger partial charge in [-0.25, -0.2) is 5.32 Å². The molecule has 0 atom stereocenters. The molecule has 1 nitrogen and oxygen atoms in total. The Balaban J connectivity index is 2.96. The highest BCUT2D eigenvalue weighted by Crippen LogP contribution is 2.06. The van der Waals surface area contributed by atoms with Crippen LogP contribution < -0.4 is 5.32 Å². The summed E-state index contributed by atoms with van der Waals surface area (Å²) in [5.41, 5.74) is 0. The Kier molecular flexibility index (Phi) is 16.4. The van der Waals surface area contributed by atoms with E-state index in [1.807, 2.05) is 0 Å². The van der Waals surface area contributed by atoms with Crippen LogP contribution in [0.15, 0.2) is 12.2 Å². The van der Waals surface area contributed by atoms with E-state index in [1.54, 1.807) is 0 Å². The summed E-state index contributed by atoms with van der Waals surface area (Å²) in [6.45, 7) is 6.66. The largest absolute Gasteiger partial charge is 0.242 e. The first kappa shape index (κ1) is 17.7. The average Bonchev–Trinajstić information content (AvgIpc) is 2.39. The standard InChI is InChI=1S/C17H34N/c1-3-5-7-8-9-10-11-12-13-14-15-17-18-16-6-4-2/h8-9H,3-7,10-17H2,1-2H3/b9-8+. The van der Waals surface area contributed by atoms with E-state index >= 15 is 0 Å². The van der Waals surface area contributed by atoms with Crippen molar-refractivity contribution in [2.24, 2.45) is 0 Å². The van der Waals surface area contributed by atoms with Crippen molar-refractivity contribution < 1.29 is 0 Å². The molecule has 0 amide bonds. The molecule has 0 aromatic carbocycles. The van der Waals surface area contributed by atoms with Gasteiger partial charge in [-0.05, 0) is 32.1 Å². The molecule has 0 saturated heterocycles. The van der Waals surface area contributed by atoms with Crippen molar-refractivity contribution in [2.45, 2.75) is 84.5 Å². The van der Waals surface area contributed by atoms with Crippen molar-refractivity contribution >= 4 is 0 Å². The maximum Gasteiger partial charge on any atom is 0.0133 e. The first-order valence-electron chi connectivity index (χ1n) is 8.20. The number of rotatable bonds is 14. The summed E-state index contributed by atoms with van der Waals surface area (Å²) in [7, 11) is 0. The number of hydrogen-bond acceptors (Lipinski definition) is 0. The van der Waals surface area contributed by atoms with Gasteiger partial charge in [0.15, 0.2) is 0 Å². The lowest BCUT2D eigenvalue weighted by Crippen LogP contribution is -2.07. The summed E-state index contributed by atoms with van der Waals surface area (Å²) in [6, 6.07) is 0. The van der Waals surface area contributed by atoms with Crippen LogP contribution in [0, 0.1) is 0 Å². The third kappa shape index (κ3) is 15.7. The third-order valence-electron chi connectivity index (χ3n) is 3.25. The minimum Gasteiger partial charge on any atom is -0.242 e. The Labute approximate surface area is 115 Å². The van der Waals surface area contributed by atoms with Crippen LogP contribution in [0.25, 0.3) is 0 Å². The van der Waals surface area contributed by atoms with Crippen LogP contribution in [-0.2, 0) is 0 Å². The topological polar surface area (TPSA) is 14.1 Å². The predicted octanol–water partition coefficient (Wildman–Crippen LogP) is 5.48. The van der Waals surface area contributed by atoms with Gasteiger partial charge in [-0.3, -0.25) is 0 Å². The van der Waals surface area contributed by atoms with E-state index in [1.165, 1.54) is 70.6 Å². The fourth-order valence-corrected chi connectivity index (χ4v) is 1.96. The predicted molar refractivity (Wildman–Crippen MR) is 83.1 cm³/mol. The Hall–Kier alpha value is -0.300. The second-order valence-corrected chi connectivity index (χ2v) is 5.19. The summed E-state index contributed by atoms with van der Waals surface area (Å²) in [5.74, 6) is 0. The summed E-state index contributed by atoms with van der Waals surface area (Å²) in [4.78, 5) is 0. The van der Waals surface area contributed by atoms with Gasteiger partial charge < -0.3 is 0 Å². The number of nitrogens with zero attached hydrogens (tertiary/aromatic N) is 1. The van der Waals surface area contributed by atoms with Crippen LogP contribution in [0.1, 0.15) is 84.5 Å². The Bertz CT molecular complexity index is 163. The maximum absolute atomic E-state index is 4.53. The summed E-state index contributed by atoms with van der Waals surface area (Å²) in [6.07, 6.45) is 19.3. The lowest BCUT2D eigenvalue weighted by molar-refractivity contribution is 0.560. The smallest absolute Gasteiger partial charge is 0.0133 e. The van der Waals surface area contributed by atoms with Gasteiger partial charge in [0.05, 0.1) is 0 Å². The van der Waals surface area contributed by atoms with Gasteiger partial charge in [0.2, 0.25) is 0 Å². The molecular formula is C17H34N. The lowest BCUT2D eigenvalue weighted by atomic mass is 10.1. The fourth-order valence-electron chi connectivity index (χ4n) is 1.96. The highest BCUT2D eigenvalue weighted by molar-refractivity contribution is 4.81. The molecule has 0 aliphatic rings. The second kappa shape index (κ2) is 16.7. The maximum atomic E-state index is 4.53. The molecule has 0 unspecified atom stereocenters. The molecule has 0 rings (SSSR count). The Morgan fingerprint density at radius 3 is 1.89 bits per heavy atom. The number of allylic oxidation sites excluding steroid dienone is 2. The fraction of sp³-hybridized carbons (Fsp3) is 0.882. The molecule has 107 valence electrons. The van der Waals surface area contributed by atoms with E-state index < -0.39 is 0 Å². The Morgan fingerprint density at radius 1 is 0.611 bits per heavy atom. The van der Waals surface area contributed by atoms with Crippen LogP contribution >= 0.6 is 0 Å². The molecule has 0 aliphatic carbocycles. The third-order valence-corrected chi connectivity index (χ3v) is 3.25. The average molecular weight is 252 g/mol. The van der Waals surface area contributed by atoms with Gasteiger partial charge in [-0.1, -0.05) is 64.5 Å². The first-order valence-corrected chi connectivity index (χ1v) is 8.20. The van der Waals surface area contributed by atoms with Crippen molar-refractivity contribution in [3.8, 4) is 0 Å². The van der Waals surface area contributed by atoms with Crippen molar-refractivity contribution in [2.75, 3.05) is 13.1 Å². The van der Waals surface area contributed by atoms with Crippen molar-refractivity contribution in [1.29, 1.82) is 0 Å². The van der Waals surface area contributed by atoms with E-state index in [4.69, 9.17) is 0 Å². The molecule has 0 aliphatic heterocycles. The monoisotopic (exact) mass is 252 g/mol. The van der Waals surface area contributed by atoms with E-state index in [0.717, 1.165) is 13.1 Å². The van der Waals surface area contributed by atoms with Gasteiger partial charge in [-0.15, -0.1) is 0 Å². The van der Waals surface area contributed by atoms with Gasteiger partial charge in [-0.2, -0.15) is 0 Å². The normalized spacial score (nSPS) is 11.4. The molecule has 0 fully saturated rings. The number of unbranched alkanes of at least 4 members (excludes halogenated alkanes) is 8. The van der Waals surface area contributed by atoms with E-state index in [-0.39, 0.29) is 0 Å². The summed E-state index contributed by atoms with van der Waals surface area (Å²) in [5, 5.41) is 4.53.